The third-order valence-corrected chi connectivity index (χ3v) is 6.30. The van der Waals surface area contributed by atoms with E-state index in [0.29, 0.717) is 29.9 Å². The number of aromatic nitrogens is 1. The number of ketones is 1. The number of aliphatic hydroxyl groups is 1. The van der Waals surface area contributed by atoms with Gasteiger partial charge in [-0.25, -0.2) is 4.39 Å². The molecule has 1 aliphatic rings. The zero-order valence-corrected chi connectivity index (χ0v) is 20.6. The summed E-state index contributed by atoms with van der Waals surface area (Å²) in [4.78, 5) is 32.0. The summed E-state index contributed by atoms with van der Waals surface area (Å²) in [6.45, 7) is 6.66. The molecule has 3 aromatic rings. The van der Waals surface area contributed by atoms with Gasteiger partial charge in [-0.15, -0.1) is 0 Å². The van der Waals surface area contributed by atoms with Gasteiger partial charge in [-0.2, -0.15) is 0 Å². The van der Waals surface area contributed by atoms with Crippen LogP contribution in [0.1, 0.15) is 55.0 Å². The predicted molar refractivity (Wildman–Crippen MR) is 135 cm³/mol. The summed E-state index contributed by atoms with van der Waals surface area (Å²) in [6, 6.07) is 14.0. The number of carbonyl (C=O) groups excluding carboxylic acids is 2. The molecule has 1 aromatic heterocycles. The Hall–Kier alpha value is -4.00. The van der Waals surface area contributed by atoms with Crippen LogP contribution >= 0.6 is 0 Å². The lowest BCUT2D eigenvalue weighted by Crippen LogP contribution is -2.31. The van der Waals surface area contributed by atoms with Gasteiger partial charge in [0.1, 0.15) is 17.3 Å². The molecule has 1 aliphatic heterocycles. The smallest absolute Gasteiger partial charge is 0.295 e. The van der Waals surface area contributed by atoms with Crippen molar-refractivity contribution in [3.05, 3.63) is 101 Å². The van der Waals surface area contributed by atoms with Gasteiger partial charge in [-0.05, 0) is 72.4 Å². The molecule has 1 N–H and O–H groups in total. The Labute approximate surface area is 210 Å². The summed E-state index contributed by atoms with van der Waals surface area (Å²) >= 11 is 0. The van der Waals surface area contributed by atoms with Crippen LogP contribution in [0.5, 0.6) is 5.75 Å². The predicted octanol–water partition coefficient (Wildman–Crippen LogP) is 5.41. The number of carbonyl (C=O) groups is 2. The zero-order valence-electron chi connectivity index (χ0n) is 20.6. The number of ether oxygens (including phenoxy) is 1. The molecule has 0 spiro atoms. The minimum atomic E-state index is -0.798. The summed E-state index contributed by atoms with van der Waals surface area (Å²) in [5, 5.41) is 11.4. The fourth-order valence-electron chi connectivity index (χ4n) is 4.48. The molecule has 1 amide bonds. The van der Waals surface area contributed by atoms with E-state index in [9.17, 15) is 19.1 Å². The van der Waals surface area contributed by atoms with E-state index in [4.69, 9.17) is 4.74 Å². The number of rotatable bonds is 8. The molecule has 0 saturated carbocycles. The second kappa shape index (κ2) is 10.7. The molecular formula is C29H29FN2O4. The molecule has 7 heteroatoms. The first kappa shape index (κ1) is 25.1. The van der Waals surface area contributed by atoms with E-state index in [0.717, 1.165) is 11.1 Å². The van der Waals surface area contributed by atoms with Gasteiger partial charge in [-0.3, -0.25) is 14.6 Å². The quantitative estimate of drug-likeness (QED) is 0.261. The summed E-state index contributed by atoms with van der Waals surface area (Å²) in [6.07, 6.45) is 3.62. The van der Waals surface area contributed by atoms with Gasteiger partial charge in [-0.1, -0.05) is 32.0 Å². The highest BCUT2D eigenvalue weighted by atomic mass is 19.1. The molecule has 6 nitrogen and oxygen atoms in total. The van der Waals surface area contributed by atoms with E-state index in [-0.39, 0.29) is 29.6 Å². The Balaban J connectivity index is 1.77. The fourth-order valence-corrected chi connectivity index (χ4v) is 4.48. The van der Waals surface area contributed by atoms with Crippen molar-refractivity contribution in [2.24, 2.45) is 0 Å². The summed E-state index contributed by atoms with van der Waals surface area (Å²) < 4.78 is 19.0. The first-order valence-corrected chi connectivity index (χ1v) is 12.0. The molecule has 0 aliphatic carbocycles. The lowest BCUT2D eigenvalue weighted by Gasteiger charge is -2.25. The van der Waals surface area contributed by atoms with Gasteiger partial charge in [0.25, 0.3) is 11.7 Å². The van der Waals surface area contributed by atoms with Crippen molar-refractivity contribution in [2.45, 2.75) is 39.2 Å². The van der Waals surface area contributed by atoms with Crippen molar-refractivity contribution in [2.75, 3.05) is 13.2 Å². The summed E-state index contributed by atoms with van der Waals surface area (Å²) in [5.41, 5.74) is 2.80. The van der Waals surface area contributed by atoms with Crippen LogP contribution in [0, 0.1) is 5.82 Å². The highest BCUT2D eigenvalue weighted by Gasteiger charge is 2.46. The number of aliphatic hydroxyl groups excluding tert-OH is 1. The Kier molecular flexibility index (Phi) is 7.48. The monoisotopic (exact) mass is 488 g/mol. The Morgan fingerprint density at radius 1 is 1.14 bits per heavy atom. The largest absolute Gasteiger partial charge is 0.507 e. The van der Waals surface area contributed by atoms with Crippen LogP contribution in [-0.2, 0) is 16.0 Å². The summed E-state index contributed by atoms with van der Waals surface area (Å²) in [7, 11) is 0. The van der Waals surface area contributed by atoms with Gasteiger partial charge in [0, 0.05) is 24.5 Å². The maximum atomic E-state index is 13.3. The van der Waals surface area contributed by atoms with Crippen LogP contribution in [0.15, 0.2) is 72.6 Å². The number of hydrogen-bond donors (Lipinski definition) is 1. The van der Waals surface area contributed by atoms with E-state index < -0.39 is 17.7 Å². The van der Waals surface area contributed by atoms with Crippen molar-refractivity contribution < 1.29 is 23.8 Å². The van der Waals surface area contributed by atoms with Gasteiger partial charge < -0.3 is 14.7 Å². The van der Waals surface area contributed by atoms with Crippen LogP contribution < -0.4 is 4.74 Å². The number of amides is 1. The van der Waals surface area contributed by atoms with E-state index in [2.05, 4.69) is 4.98 Å². The third-order valence-electron chi connectivity index (χ3n) is 6.30. The maximum Gasteiger partial charge on any atom is 0.295 e. The summed E-state index contributed by atoms with van der Waals surface area (Å²) in [5.74, 6) is -1.19. The SMILES string of the molecule is CCOc1ccc(/C(O)=C2/C(=O)C(=O)N(CCc3ccc(F)cc3)C2c2cccnc2)cc1C(C)C. The molecule has 1 unspecified atom stereocenters. The Bertz CT molecular complexity index is 1290. The van der Waals surface area contributed by atoms with Crippen molar-refractivity contribution in [1.29, 1.82) is 0 Å². The number of nitrogens with zero attached hydrogens (tertiary/aromatic N) is 2. The minimum Gasteiger partial charge on any atom is -0.507 e. The average Bonchev–Trinajstić information content (AvgIpc) is 3.13. The molecule has 1 fully saturated rings. The molecule has 186 valence electrons. The van der Waals surface area contributed by atoms with E-state index >= 15 is 0 Å². The normalized spacial score (nSPS) is 17.1. The molecule has 0 bridgehead atoms. The number of Topliss-reactive ketones (excluding diaryl/α,β-unsaturated/α-hetero) is 1. The Morgan fingerprint density at radius 3 is 2.53 bits per heavy atom. The van der Waals surface area contributed by atoms with Crippen LogP contribution in [0.4, 0.5) is 4.39 Å². The number of hydrogen-bond acceptors (Lipinski definition) is 5. The van der Waals surface area contributed by atoms with Crippen LogP contribution in [0.25, 0.3) is 5.76 Å². The average molecular weight is 489 g/mol. The van der Waals surface area contributed by atoms with Crippen molar-refractivity contribution in [3.8, 4) is 5.75 Å². The molecule has 1 saturated heterocycles. The first-order chi connectivity index (χ1) is 17.3. The number of likely N-dealkylation sites (tertiary alicyclic amines) is 1. The second-order valence-electron chi connectivity index (χ2n) is 9.00. The highest BCUT2D eigenvalue weighted by Crippen LogP contribution is 2.40. The van der Waals surface area contributed by atoms with Gasteiger partial charge in [0.05, 0.1) is 18.2 Å². The number of halogens is 1. The number of pyridine rings is 1. The van der Waals surface area contributed by atoms with Crippen molar-refractivity contribution >= 4 is 17.4 Å². The van der Waals surface area contributed by atoms with Gasteiger partial charge >= 0.3 is 0 Å². The van der Waals surface area contributed by atoms with Crippen LogP contribution in [0.3, 0.4) is 0 Å². The highest BCUT2D eigenvalue weighted by molar-refractivity contribution is 6.46. The lowest BCUT2D eigenvalue weighted by atomic mass is 9.93. The lowest BCUT2D eigenvalue weighted by molar-refractivity contribution is -0.139. The molecule has 36 heavy (non-hydrogen) atoms. The zero-order chi connectivity index (χ0) is 25.8. The Morgan fingerprint density at radius 2 is 1.89 bits per heavy atom. The van der Waals surface area contributed by atoms with Crippen LogP contribution in [0.2, 0.25) is 0 Å². The topological polar surface area (TPSA) is 79.7 Å². The van der Waals surface area contributed by atoms with E-state index in [1.54, 1.807) is 54.9 Å². The molecule has 1 atom stereocenters. The van der Waals surface area contributed by atoms with Gasteiger partial charge in [0.15, 0.2) is 0 Å². The molecule has 2 heterocycles. The van der Waals surface area contributed by atoms with Gasteiger partial charge in [0.2, 0.25) is 0 Å². The number of benzene rings is 2. The molecular weight excluding hydrogens is 459 g/mol. The third kappa shape index (κ3) is 5.00. The second-order valence-corrected chi connectivity index (χ2v) is 9.00. The van der Waals surface area contributed by atoms with Crippen molar-refractivity contribution in [3.63, 3.8) is 0 Å². The van der Waals surface area contributed by atoms with E-state index in [1.165, 1.54) is 17.0 Å². The van der Waals surface area contributed by atoms with Crippen molar-refractivity contribution in [1.82, 2.24) is 9.88 Å². The fraction of sp³-hybridized carbons (Fsp3) is 0.276. The molecule has 4 rings (SSSR count). The van der Waals surface area contributed by atoms with E-state index in [1.807, 2.05) is 20.8 Å². The molecule has 2 aromatic carbocycles. The maximum absolute atomic E-state index is 13.3. The standard InChI is InChI=1S/C29H29FN2O4/c1-4-36-24-12-9-20(16-23(24)18(2)3)27(33)25-26(21-6-5-14-31-17-21)32(29(35)28(25)34)15-13-19-7-10-22(30)11-8-19/h5-12,14,16-18,26,33H,4,13,15H2,1-3H3/b27-25-. The van der Waals surface area contributed by atoms with Crippen LogP contribution in [-0.4, -0.2) is 39.8 Å². The molecule has 0 radical (unpaired) electrons. The first-order valence-electron chi connectivity index (χ1n) is 12.0. The minimum absolute atomic E-state index is 0.0194.